The van der Waals surface area contributed by atoms with E-state index in [1.165, 1.54) is 24.0 Å². The highest BCUT2D eigenvalue weighted by molar-refractivity contribution is 7.80. The molecule has 0 unspecified atom stereocenters. The van der Waals surface area contributed by atoms with Crippen LogP contribution in [0.1, 0.15) is 23.2 Å². The fourth-order valence-electron chi connectivity index (χ4n) is 2.40. The van der Waals surface area contributed by atoms with Crippen LogP contribution < -0.4 is 11.1 Å². The maximum absolute atomic E-state index is 5.65. The zero-order chi connectivity index (χ0) is 13.2. The molecule has 0 saturated heterocycles. The van der Waals surface area contributed by atoms with Crippen LogP contribution >= 0.6 is 12.2 Å². The molecule has 0 amide bonds. The van der Waals surface area contributed by atoms with Crippen LogP contribution in [0, 0.1) is 0 Å². The highest BCUT2D eigenvalue weighted by atomic mass is 32.1. The highest BCUT2D eigenvalue weighted by Gasteiger charge is 2.12. The lowest BCUT2D eigenvalue weighted by atomic mass is 10.1. The number of hydrogen-bond acceptors (Lipinski definition) is 4. The van der Waals surface area contributed by atoms with Crippen LogP contribution in [0.4, 0.5) is 11.5 Å². The first-order valence-corrected chi connectivity index (χ1v) is 6.64. The number of rotatable bonds is 3. The highest BCUT2D eigenvalue weighted by Crippen LogP contribution is 2.26. The van der Waals surface area contributed by atoms with Gasteiger partial charge in [-0.15, -0.1) is 0 Å². The van der Waals surface area contributed by atoms with Gasteiger partial charge >= 0.3 is 0 Å². The lowest BCUT2D eigenvalue weighted by Gasteiger charge is -2.10. The Balaban J connectivity index is 1.91. The lowest BCUT2D eigenvalue weighted by molar-refractivity contribution is 0.912. The van der Waals surface area contributed by atoms with Gasteiger partial charge in [0, 0.05) is 18.1 Å². The molecule has 1 aliphatic rings. The van der Waals surface area contributed by atoms with Gasteiger partial charge in [-0.3, -0.25) is 0 Å². The minimum atomic E-state index is 0.247. The van der Waals surface area contributed by atoms with E-state index in [4.69, 9.17) is 18.0 Å². The number of nitrogens with zero attached hydrogens (tertiary/aromatic N) is 2. The summed E-state index contributed by atoms with van der Waals surface area (Å²) in [6.45, 7) is 0. The first-order valence-electron chi connectivity index (χ1n) is 6.23. The van der Waals surface area contributed by atoms with Gasteiger partial charge in [0.25, 0.3) is 0 Å². The van der Waals surface area contributed by atoms with E-state index in [9.17, 15) is 0 Å². The molecule has 3 rings (SSSR count). The number of aromatic nitrogens is 2. The quantitative estimate of drug-likeness (QED) is 0.838. The van der Waals surface area contributed by atoms with Crippen LogP contribution in [0.25, 0.3) is 0 Å². The fourth-order valence-corrected chi connectivity index (χ4v) is 2.55. The van der Waals surface area contributed by atoms with Gasteiger partial charge in [0.1, 0.15) is 10.7 Å². The SMILES string of the molecule is NC(=S)c1nccnc1Nc1ccc2c(c1)CCC2. The maximum atomic E-state index is 5.65. The molecule has 1 aromatic heterocycles. The Morgan fingerprint density at radius 1 is 1.16 bits per heavy atom. The third kappa shape index (κ3) is 2.42. The van der Waals surface area contributed by atoms with Gasteiger partial charge in [-0.05, 0) is 42.5 Å². The van der Waals surface area contributed by atoms with Crippen molar-refractivity contribution in [3.63, 3.8) is 0 Å². The van der Waals surface area contributed by atoms with Crippen LogP contribution in [0.2, 0.25) is 0 Å². The standard InChI is InChI=1S/C14H14N4S/c15-13(19)12-14(17-7-6-16-12)18-11-5-4-9-2-1-3-10(9)8-11/h4-8H,1-3H2,(H2,15,19)(H,17,18). The second-order valence-electron chi connectivity index (χ2n) is 4.58. The van der Waals surface area contributed by atoms with Crippen molar-refractivity contribution in [2.75, 3.05) is 5.32 Å². The molecular weight excluding hydrogens is 256 g/mol. The smallest absolute Gasteiger partial charge is 0.159 e. The number of anilines is 2. The number of fused-ring (bicyclic) bond motifs is 1. The van der Waals surface area contributed by atoms with E-state index in [2.05, 4.69) is 33.5 Å². The van der Waals surface area contributed by atoms with Crippen molar-refractivity contribution in [2.45, 2.75) is 19.3 Å². The molecule has 4 nitrogen and oxygen atoms in total. The van der Waals surface area contributed by atoms with E-state index in [1.54, 1.807) is 12.4 Å². The van der Waals surface area contributed by atoms with Crippen molar-refractivity contribution >= 4 is 28.7 Å². The van der Waals surface area contributed by atoms with Gasteiger partial charge in [-0.2, -0.15) is 0 Å². The van der Waals surface area contributed by atoms with Gasteiger partial charge in [-0.1, -0.05) is 18.3 Å². The van der Waals surface area contributed by atoms with E-state index in [-0.39, 0.29) is 4.99 Å². The number of nitrogens with one attached hydrogen (secondary N) is 1. The van der Waals surface area contributed by atoms with Gasteiger partial charge in [-0.25, -0.2) is 9.97 Å². The van der Waals surface area contributed by atoms with E-state index >= 15 is 0 Å². The van der Waals surface area contributed by atoms with Gasteiger partial charge < -0.3 is 11.1 Å². The summed E-state index contributed by atoms with van der Waals surface area (Å²) in [5.41, 5.74) is 10.0. The van der Waals surface area contributed by atoms with Gasteiger partial charge in [0.15, 0.2) is 5.82 Å². The largest absolute Gasteiger partial charge is 0.388 e. The third-order valence-corrected chi connectivity index (χ3v) is 3.49. The molecule has 1 aliphatic carbocycles. The van der Waals surface area contributed by atoms with Crippen molar-refractivity contribution in [1.82, 2.24) is 9.97 Å². The predicted molar refractivity (Wildman–Crippen MR) is 79.7 cm³/mol. The summed E-state index contributed by atoms with van der Waals surface area (Å²) < 4.78 is 0. The van der Waals surface area contributed by atoms with E-state index in [0.29, 0.717) is 11.5 Å². The van der Waals surface area contributed by atoms with Crippen molar-refractivity contribution in [2.24, 2.45) is 5.73 Å². The fraction of sp³-hybridized carbons (Fsp3) is 0.214. The molecule has 2 aromatic rings. The number of hydrogen-bond donors (Lipinski definition) is 2. The summed E-state index contributed by atoms with van der Waals surface area (Å²) in [5.74, 6) is 0.605. The molecule has 0 fully saturated rings. The Hall–Kier alpha value is -2.01. The normalized spacial score (nSPS) is 13.1. The summed E-state index contributed by atoms with van der Waals surface area (Å²) in [7, 11) is 0. The van der Waals surface area contributed by atoms with Crippen molar-refractivity contribution in [3.05, 3.63) is 47.4 Å². The number of benzene rings is 1. The minimum absolute atomic E-state index is 0.247. The molecule has 0 atom stereocenters. The molecular formula is C14H14N4S. The average Bonchev–Trinajstić information content (AvgIpc) is 2.86. The molecule has 0 aliphatic heterocycles. The van der Waals surface area contributed by atoms with E-state index in [1.807, 2.05) is 0 Å². The van der Waals surface area contributed by atoms with Crippen LogP contribution in [-0.4, -0.2) is 15.0 Å². The maximum Gasteiger partial charge on any atom is 0.159 e. The number of nitrogens with two attached hydrogens (primary N) is 1. The molecule has 96 valence electrons. The summed E-state index contributed by atoms with van der Waals surface area (Å²) in [4.78, 5) is 8.65. The molecule has 0 bridgehead atoms. The summed E-state index contributed by atoms with van der Waals surface area (Å²) >= 11 is 4.98. The third-order valence-electron chi connectivity index (χ3n) is 3.29. The lowest BCUT2D eigenvalue weighted by Crippen LogP contribution is -2.14. The Bertz CT molecular complexity index is 639. The Kier molecular flexibility index (Phi) is 3.13. The minimum Gasteiger partial charge on any atom is -0.388 e. The predicted octanol–water partition coefficient (Wildman–Crippen LogP) is 2.34. The monoisotopic (exact) mass is 270 g/mol. The Morgan fingerprint density at radius 2 is 1.95 bits per heavy atom. The van der Waals surface area contributed by atoms with Gasteiger partial charge in [0.2, 0.25) is 0 Å². The second kappa shape index (κ2) is 4.93. The Morgan fingerprint density at radius 3 is 2.79 bits per heavy atom. The zero-order valence-corrected chi connectivity index (χ0v) is 11.2. The van der Waals surface area contributed by atoms with E-state index < -0.39 is 0 Å². The topological polar surface area (TPSA) is 63.8 Å². The van der Waals surface area contributed by atoms with Crippen molar-refractivity contribution in [3.8, 4) is 0 Å². The first kappa shape index (κ1) is 12.0. The number of aryl methyl sites for hydroxylation is 2. The summed E-state index contributed by atoms with van der Waals surface area (Å²) in [6.07, 6.45) is 6.77. The van der Waals surface area contributed by atoms with Crippen LogP contribution in [0.15, 0.2) is 30.6 Å². The molecule has 1 aromatic carbocycles. The molecule has 1 heterocycles. The first-order chi connectivity index (χ1) is 9.24. The molecule has 0 spiro atoms. The molecule has 19 heavy (non-hydrogen) atoms. The van der Waals surface area contributed by atoms with E-state index in [0.717, 1.165) is 12.1 Å². The van der Waals surface area contributed by atoms with Crippen molar-refractivity contribution in [1.29, 1.82) is 0 Å². The summed E-state index contributed by atoms with van der Waals surface area (Å²) in [5, 5.41) is 3.24. The number of thiocarbonyl (C=S) groups is 1. The van der Waals surface area contributed by atoms with Crippen molar-refractivity contribution < 1.29 is 0 Å². The zero-order valence-electron chi connectivity index (χ0n) is 10.4. The van der Waals surface area contributed by atoms with Crippen LogP contribution in [0.3, 0.4) is 0 Å². The molecule has 0 radical (unpaired) electrons. The molecule has 0 saturated carbocycles. The molecule has 5 heteroatoms. The van der Waals surface area contributed by atoms with Gasteiger partial charge in [0.05, 0.1) is 0 Å². The summed E-state index contributed by atoms with van der Waals surface area (Å²) in [6, 6.07) is 6.39. The second-order valence-corrected chi connectivity index (χ2v) is 5.02. The average molecular weight is 270 g/mol. The Labute approximate surface area is 117 Å². The molecule has 3 N–H and O–H groups in total. The van der Waals surface area contributed by atoms with Crippen LogP contribution in [0.5, 0.6) is 0 Å². The van der Waals surface area contributed by atoms with Crippen LogP contribution in [-0.2, 0) is 12.8 Å².